The van der Waals surface area contributed by atoms with Crippen molar-refractivity contribution in [2.24, 2.45) is 0 Å². The van der Waals surface area contributed by atoms with Gasteiger partial charge in [0, 0.05) is 31.6 Å². The molecule has 2 N–H and O–H groups in total. The maximum Gasteiger partial charge on any atom is 0.290 e. The zero-order valence-electron chi connectivity index (χ0n) is 10.3. The van der Waals surface area contributed by atoms with Gasteiger partial charge in [0.15, 0.2) is 0 Å². The van der Waals surface area contributed by atoms with Gasteiger partial charge in [-0.25, -0.2) is 9.97 Å². The van der Waals surface area contributed by atoms with Gasteiger partial charge in [0.05, 0.1) is 5.56 Å². The van der Waals surface area contributed by atoms with Crippen molar-refractivity contribution in [3.05, 3.63) is 42.1 Å². The summed E-state index contributed by atoms with van der Waals surface area (Å²) in [7, 11) is 0. The lowest BCUT2D eigenvalue weighted by atomic mass is 10.2. The van der Waals surface area contributed by atoms with Crippen molar-refractivity contribution in [2.45, 2.75) is 17.2 Å². The Morgan fingerprint density at radius 3 is 2.95 bits per heavy atom. The van der Waals surface area contributed by atoms with Crippen molar-refractivity contribution < 1.29 is 13.6 Å². The van der Waals surface area contributed by atoms with Crippen LogP contribution in [0.3, 0.4) is 0 Å². The van der Waals surface area contributed by atoms with Crippen molar-refractivity contribution in [3.8, 4) is 0 Å². The summed E-state index contributed by atoms with van der Waals surface area (Å²) >= 11 is 0.261. The Hall–Kier alpha value is -1.96. The zero-order chi connectivity index (χ0) is 14.4. The van der Waals surface area contributed by atoms with Crippen LogP contribution >= 0.6 is 11.8 Å². The monoisotopic (exact) mass is 298 g/mol. The maximum atomic E-state index is 12.4. The van der Waals surface area contributed by atoms with Crippen molar-refractivity contribution >= 4 is 17.7 Å². The summed E-state index contributed by atoms with van der Waals surface area (Å²) < 4.78 is 24.8. The number of halogens is 2. The fourth-order valence-corrected chi connectivity index (χ4v) is 2.14. The minimum absolute atomic E-state index is 0.0259. The Morgan fingerprint density at radius 1 is 1.40 bits per heavy atom. The second-order valence-corrected chi connectivity index (χ2v) is 4.76. The molecule has 0 aliphatic heterocycles. The van der Waals surface area contributed by atoms with E-state index in [4.69, 9.17) is 0 Å². The van der Waals surface area contributed by atoms with E-state index in [9.17, 15) is 13.6 Å². The zero-order valence-corrected chi connectivity index (χ0v) is 11.2. The molecule has 8 heteroatoms. The molecule has 2 aromatic rings. The highest BCUT2D eigenvalue weighted by Crippen LogP contribution is 2.26. The first kappa shape index (κ1) is 14.4. The van der Waals surface area contributed by atoms with E-state index in [-0.39, 0.29) is 22.4 Å². The molecule has 2 rings (SSSR count). The third kappa shape index (κ3) is 4.02. The molecule has 20 heavy (non-hydrogen) atoms. The minimum Gasteiger partial charge on any atom is -0.352 e. The summed E-state index contributed by atoms with van der Waals surface area (Å²) in [6, 6.07) is 3.01. The highest BCUT2D eigenvalue weighted by atomic mass is 32.2. The van der Waals surface area contributed by atoms with Crippen LogP contribution in [0.15, 0.2) is 35.7 Å². The van der Waals surface area contributed by atoms with Crippen LogP contribution in [0.5, 0.6) is 0 Å². The van der Waals surface area contributed by atoms with E-state index < -0.39 is 11.7 Å². The third-order valence-corrected chi connectivity index (χ3v) is 3.15. The van der Waals surface area contributed by atoms with Gasteiger partial charge in [-0.05, 0) is 23.9 Å². The number of nitrogens with one attached hydrogen (secondary N) is 2. The van der Waals surface area contributed by atoms with Gasteiger partial charge in [-0.15, -0.1) is 0 Å². The van der Waals surface area contributed by atoms with Crippen molar-refractivity contribution in [1.29, 1.82) is 0 Å². The predicted octanol–water partition coefficient (Wildman–Crippen LogP) is 2.09. The lowest BCUT2D eigenvalue weighted by Crippen LogP contribution is -2.26. The first-order chi connectivity index (χ1) is 9.66. The van der Waals surface area contributed by atoms with E-state index in [2.05, 4.69) is 20.3 Å². The molecule has 0 fully saturated rings. The van der Waals surface area contributed by atoms with Crippen LogP contribution in [0.2, 0.25) is 0 Å². The Bertz CT molecular complexity index is 562. The van der Waals surface area contributed by atoms with Gasteiger partial charge in [0.25, 0.3) is 11.7 Å². The number of thioether (sulfide) groups is 1. The molecule has 0 unspecified atom stereocenters. The molecule has 2 aromatic heterocycles. The number of aromatic nitrogens is 3. The van der Waals surface area contributed by atoms with Gasteiger partial charge >= 0.3 is 0 Å². The number of pyridine rings is 1. The maximum absolute atomic E-state index is 12.4. The molecule has 0 atom stereocenters. The number of hydrogen-bond acceptors (Lipinski definition) is 4. The molecule has 0 aliphatic rings. The lowest BCUT2D eigenvalue weighted by molar-refractivity contribution is 0.0950. The molecular weight excluding hydrogens is 286 g/mol. The number of alkyl halides is 2. The second-order valence-electron chi connectivity index (χ2n) is 3.78. The molecule has 0 bridgehead atoms. The van der Waals surface area contributed by atoms with Crippen LogP contribution in [-0.4, -0.2) is 33.2 Å². The second kappa shape index (κ2) is 6.99. The molecule has 0 aromatic carbocycles. The van der Waals surface area contributed by atoms with E-state index in [0.717, 1.165) is 5.82 Å². The van der Waals surface area contributed by atoms with Gasteiger partial charge in [0.2, 0.25) is 0 Å². The summed E-state index contributed by atoms with van der Waals surface area (Å²) in [6.45, 7) is 0.361. The molecule has 0 saturated carbocycles. The molecule has 106 valence electrons. The average Bonchev–Trinajstić information content (AvgIpc) is 2.91. The van der Waals surface area contributed by atoms with Gasteiger partial charge in [-0.3, -0.25) is 4.79 Å². The van der Waals surface area contributed by atoms with E-state index in [1.54, 1.807) is 12.4 Å². The van der Waals surface area contributed by atoms with Crippen LogP contribution in [0, 0.1) is 0 Å². The summed E-state index contributed by atoms with van der Waals surface area (Å²) in [5.74, 6) is -2.29. The molecule has 0 radical (unpaired) electrons. The summed E-state index contributed by atoms with van der Waals surface area (Å²) in [4.78, 5) is 22.7. The first-order valence-corrected chi connectivity index (χ1v) is 6.71. The van der Waals surface area contributed by atoms with Crippen LogP contribution < -0.4 is 5.32 Å². The van der Waals surface area contributed by atoms with Crippen LogP contribution in [0.25, 0.3) is 0 Å². The number of carbonyl (C=O) groups is 1. The average molecular weight is 298 g/mol. The molecule has 0 spiro atoms. The SMILES string of the molecule is O=C(NCCc1ncc[nH]1)c1cccnc1SC(F)F. The Morgan fingerprint density at radius 2 is 2.25 bits per heavy atom. The topological polar surface area (TPSA) is 70.7 Å². The Balaban J connectivity index is 1.94. The molecule has 1 amide bonds. The van der Waals surface area contributed by atoms with Gasteiger partial charge in [-0.2, -0.15) is 8.78 Å². The highest BCUT2D eigenvalue weighted by molar-refractivity contribution is 7.99. The number of nitrogens with zero attached hydrogens (tertiary/aromatic N) is 2. The van der Waals surface area contributed by atoms with Gasteiger partial charge in [0.1, 0.15) is 10.9 Å². The fourth-order valence-electron chi connectivity index (χ4n) is 1.57. The number of rotatable bonds is 6. The van der Waals surface area contributed by atoms with Crippen LogP contribution in [0.4, 0.5) is 8.78 Å². The highest BCUT2D eigenvalue weighted by Gasteiger charge is 2.16. The smallest absolute Gasteiger partial charge is 0.290 e. The molecule has 0 saturated heterocycles. The third-order valence-electron chi connectivity index (χ3n) is 2.42. The number of aromatic amines is 1. The number of hydrogen-bond donors (Lipinski definition) is 2. The van der Waals surface area contributed by atoms with E-state index in [1.165, 1.54) is 18.3 Å². The summed E-state index contributed by atoms with van der Waals surface area (Å²) in [5, 5.41) is 2.68. The molecular formula is C12H12F2N4OS. The largest absolute Gasteiger partial charge is 0.352 e. The van der Waals surface area contributed by atoms with E-state index >= 15 is 0 Å². The number of imidazole rings is 1. The number of H-pyrrole nitrogens is 1. The van der Waals surface area contributed by atoms with Crippen molar-refractivity contribution in [1.82, 2.24) is 20.3 Å². The Labute approximate surface area is 118 Å². The van der Waals surface area contributed by atoms with Crippen LogP contribution in [0.1, 0.15) is 16.2 Å². The standard InChI is InChI=1S/C12H12F2N4OS/c13-12(14)20-11-8(2-1-4-18-11)10(19)17-5-3-9-15-6-7-16-9/h1-2,4,6-7,12H,3,5H2,(H,15,16)(H,17,19). The number of carbonyl (C=O) groups excluding carboxylic acids is 1. The minimum atomic E-state index is -2.61. The fraction of sp³-hybridized carbons (Fsp3) is 0.250. The summed E-state index contributed by atoms with van der Waals surface area (Å²) in [5.41, 5.74) is 0.150. The van der Waals surface area contributed by atoms with Crippen LogP contribution in [-0.2, 0) is 6.42 Å². The normalized spacial score (nSPS) is 10.8. The first-order valence-electron chi connectivity index (χ1n) is 5.83. The number of amides is 1. The van der Waals surface area contributed by atoms with E-state index in [1.807, 2.05) is 0 Å². The van der Waals surface area contributed by atoms with Gasteiger partial charge in [-0.1, -0.05) is 0 Å². The van der Waals surface area contributed by atoms with Gasteiger partial charge < -0.3 is 10.3 Å². The van der Waals surface area contributed by atoms with E-state index in [0.29, 0.717) is 13.0 Å². The quantitative estimate of drug-likeness (QED) is 0.801. The summed E-state index contributed by atoms with van der Waals surface area (Å²) in [6.07, 6.45) is 5.23. The lowest BCUT2D eigenvalue weighted by Gasteiger charge is -2.08. The Kier molecular flexibility index (Phi) is 5.05. The molecule has 2 heterocycles. The molecule has 5 nitrogen and oxygen atoms in total. The van der Waals surface area contributed by atoms with Crippen molar-refractivity contribution in [3.63, 3.8) is 0 Å². The molecule has 0 aliphatic carbocycles. The van der Waals surface area contributed by atoms with Crippen molar-refractivity contribution in [2.75, 3.05) is 6.54 Å². The predicted molar refractivity (Wildman–Crippen MR) is 70.7 cm³/mol.